The van der Waals surface area contributed by atoms with Crippen molar-refractivity contribution in [1.82, 2.24) is 0 Å². The molecule has 0 bridgehead atoms. The quantitative estimate of drug-likeness (QED) is 0.178. The van der Waals surface area contributed by atoms with Crippen LogP contribution in [-0.2, 0) is 4.79 Å². The highest BCUT2D eigenvalue weighted by atomic mass is 32.2. The lowest BCUT2D eigenvalue weighted by Gasteiger charge is -2.06. The van der Waals surface area contributed by atoms with E-state index in [-0.39, 0.29) is 23.1 Å². The fraction of sp³-hybridized carbons (Fsp3) is 0.0435. The van der Waals surface area contributed by atoms with Crippen LogP contribution in [0.2, 0.25) is 0 Å². The Morgan fingerprint density at radius 1 is 0.967 bits per heavy atom. The van der Waals surface area contributed by atoms with E-state index in [0.717, 1.165) is 10.5 Å². The normalized spacial score (nSPS) is 10.7. The molecule has 0 aliphatic rings. The molecule has 3 aromatic carbocycles. The van der Waals surface area contributed by atoms with Gasteiger partial charge in [-0.1, -0.05) is 48.5 Å². The van der Waals surface area contributed by atoms with Gasteiger partial charge in [-0.2, -0.15) is 0 Å². The molecule has 7 heteroatoms. The molecule has 3 aromatic rings. The van der Waals surface area contributed by atoms with Gasteiger partial charge in [0, 0.05) is 34.4 Å². The third-order valence-electron chi connectivity index (χ3n) is 4.08. The Balaban J connectivity index is 1.58. The molecule has 0 radical (unpaired) electrons. The minimum absolute atomic E-state index is 0.112. The van der Waals surface area contributed by atoms with Gasteiger partial charge in [0.1, 0.15) is 0 Å². The van der Waals surface area contributed by atoms with Gasteiger partial charge in [-0.25, -0.2) is 0 Å². The Kier molecular flexibility index (Phi) is 7.13. The highest BCUT2D eigenvalue weighted by Gasteiger charge is 2.12. The standard InChI is InChI=1S/C23H18N2O4S/c26-22(18-8-4-10-20(14-18)25(28)29)16-30-21-11-5-9-19(15-21)24-23(27)13-12-17-6-2-1-3-7-17/h1-15H,16H2,(H,24,27)/b13-12+. The summed E-state index contributed by atoms with van der Waals surface area (Å²) in [5.41, 5.74) is 1.73. The zero-order chi connectivity index (χ0) is 21.3. The maximum absolute atomic E-state index is 12.4. The maximum atomic E-state index is 12.4. The molecule has 150 valence electrons. The van der Waals surface area contributed by atoms with Crippen molar-refractivity contribution in [2.45, 2.75) is 4.90 Å². The monoisotopic (exact) mass is 418 g/mol. The largest absolute Gasteiger partial charge is 0.322 e. The van der Waals surface area contributed by atoms with Crippen LogP contribution in [0.25, 0.3) is 6.08 Å². The molecule has 0 saturated heterocycles. The number of hydrogen-bond donors (Lipinski definition) is 1. The lowest BCUT2D eigenvalue weighted by molar-refractivity contribution is -0.384. The molecular formula is C23H18N2O4S. The number of carbonyl (C=O) groups excluding carboxylic acids is 2. The zero-order valence-corrected chi connectivity index (χ0v) is 16.7. The molecule has 0 saturated carbocycles. The number of nitrogens with one attached hydrogen (secondary N) is 1. The van der Waals surface area contributed by atoms with E-state index >= 15 is 0 Å². The average Bonchev–Trinajstić information content (AvgIpc) is 2.77. The molecule has 0 aliphatic carbocycles. The van der Waals surface area contributed by atoms with Crippen molar-refractivity contribution in [1.29, 1.82) is 0 Å². The molecule has 3 rings (SSSR count). The third kappa shape index (κ3) is 6.15. The first-order valence-electron chi connectivity index (χ1n) is 9.06. The smallest absolute Gasteiger partial charge is 0.270 e. The first kappa shape index (κ1) is 21.0. The molecule has 0 fully saturated rings. The molecular weight excluding hydrogens is 400 g/mol. The second-order valence-corrected chi connectivity index (χ2v) is 7.33. The first-order chi connectivity index (χ1) is 14.5. The van der Waals surface area contributed by atoms with Gasteiger partial charge in [0.25, 0.3) is 5.69 Å². The number of Topliss-reactive ketones (excluding diaryl/α,β-unsaturated/α-hetero) is 1. The van der Waals surface area contributed by atoms with Crippen molar-refractivity contribution in [2.24, 2.45) is 0 Å². The van der Waals surface area contributed by atoms with Crippen LogP contribution in [0.15, 0.2) is 89.8 Å². The van der Waals surface area contributed by atoms with Gasteiger partial charge in [0.2, 0.25) is 5.91 Å². The van der Waals surface area contributed by atoms with Crippen LogP contribution in [0, 0.1) is 10.1 Å². The van der Waals surface area contributed by atoms with E-state index in [1.807, 2.05) is 36.4 Å². The highest BCUT2D eigenvalue weighted by molar-refractivity contribution is 8.00. The van der Waals surface area contributed by atoms with Gasteiger partial charge in [0.15, 0.2) is 5.78 Å². The number of non-ortho nitro benzene ring substituents is 1. The Hall–Kier alpha value is -3.71. The highest BCUT2D eigenvalue weighted by Crippen LogP contribution is 2.23. The number of hydrogen-bond acceptors (Lipinski definition) is 5. The van der Waals surface area contributed by atoms with Crippen molar-refractivity contribution >= 4 is 40.9 Å². The van der Waals surface area contributed by atoms with Crippen molar-refractivity contribution in [3.63, 3.8) is 0 Å². The number of nitro groups is 1. The number of thioether (sulfide) groups is 1. The van der Waals surface area contributed by atoms with Crippen LogP contribution in [0.1, 0.15) is 15.9 Å². The molecule has 0 aliphatic heterocycles. The van der Waals surface area contributed by atoms with E-state index in [9.17, 15) is 19.7 Å². The number of benzene rings is 3. The molecule has 1 amide bonds. The van der Waals surface area contributed by atoms with Crippen LogP contribution in [-0.4, -0.2) is 22.4 Å². The van der Waals surface area contributed by atoms with Gasteiger partial charge < -0.3 is 5.32 Å². The Bertz CT molecular complexity index is 1100. The Labute approximate surface area is 177 Å². The summed E-state index contributed by atoms with van der Waals surface area (Å²) in [6.45, 7) is 0. The van der Waals surface area contributed by atoms with Crippen LogP contribution in [0.4, 0.5) is 11.4 Å². The van der Waals surface area contributed by atoms with Gasteiger partial charge in [0.05, 0.1) is 10.7 Å². The zero-order valence-electron chi connectivity index (χ0n) is 15.9. The number of anilines is 1. The summed E-state index contributed by atoms with van der Waals surface area (Å²) in [4.78, 5) is 35.6. The third-order valence-corrected chi connectivity index (χ3v) is 5.07. The van der Waals surface area contributed by atoms with Gasteiger partial charge in [-0.3, -0.25) is 19.7 Å². The van der Waals surface area contributed by atoms with E-state index in [1.165, 1.54) is 36.0 Å². The number of rotatable bonds is 8. The van der Waals surface area contributed by atoms with Crippen LogP contribution < -0.4 is 5.32 Å². The van der Waals surface area contributed by atoms with E-state index in [1.54, 1.807) is 30.3 Å². The summed E-state index contributed by atoms with van der Waals surface area (Å²) in [6, 6.07) is 22.4. The minimum Gasteiger partial charge on any atom is -0.322 e. The van der Waals surface area contributed by atoms with Gasteiger partial charge in [-0.05, 0) is 29.8 Å². The molecule has 0 heterocycles. The van der Waals surface area contributed by atoms with Gasteiger partial charge in [-0.15, -0.1) is 11.8 Å². The molecule has 0 spiro atoms. The minimum atomic E-state index is -0.525. The number of nitrogens with zero attached hydrogens (tertiary/aromatic N) is 1. The molecule has 0 atom stereocenters. The van der Waals surface area contributed by atoms with E-state index in [0.29, 0.717) is 11.3 Å². The van der Waals surface area contributed by atoms with E-state index < -0.39 is 4.92 Å². The van der Waals surface area contributed by atoms with Crippen LogP contribution in [0.3, 0.4) is 0 Å². The SMILES string of the molecule is O=C(/C=C/c1ccccc1)Nc1cccc(SCC(=O)c2cccc([N+](=O)[O-])c2)c1. The number of amides is 1. The number of ketones is 1. The second kappa shape index (κ2) is 10.2. The fourth-order valence-electron chi connectivity index (χ4n) is 2.61. The molecule has 6 nitrogen and oxygen atoms in total. The van der Waals surface area contributed by atoms with Crippen molar-refractivity contribution in [2.75, 3.05) is 11.1 Å². The van der Waals surface area contributed by atoms with Crippen LogP contribution in [0.5, 0.6) is 0 Å². The summed E-state index contributed by atoms with van der Waals surface area (Å²) < 4.78 is 0. The molecule has 0 unspecified atom stereocenters. The summed E-state index contributed by atoms with van der Waals surface area (Å²) >= 11 is 1.30. The number of nitro benzene ring substituents is 1. The lowest BCUT2D eigenvalue weighted by Crippen LogP contribution is -2.07. The van der Waals surface area contributed by atoms with Crippen LogP contribution >= 0.6 is 11.8 Å². The second-order valence-electron chi connectivity index (χ2n) is 6.28. The van der Waals surface area contributed by atoms with Crippen molar-refractivity contribution < 1.29 is 14.5 Å². The summed E-state index contributed by atoms with van der Waals surface area (Å²) in [5.74, 6) is -0.329. The molecule has 1 N–H and O–H groups in total. The van der Waals surface area contributed by atoms with Crippen molar-refractivity contribution in [3.05, 3.63) is 106 Å². The predicted octanol–water partition coefficient (Wildman–Crippen LogP) is 5.22. The number of carbonyl (C=O) groups is 2. The van der Waals surface area contributed by atoms with E-state index in [2.05, 4.69) is 5.32 Å². The summed E-state index contributed by atoms with van der Waals surface area (Å²) in [5, 5.41) is 13.7. The van der Waals surface area contributed by atoms with Gasteiger partial charge >= 0.3 is 0 Å². The van der Waals surface area contributed by atoms with E-state index in [4.69, 9.17) is 0 Å². The summed E-state index contributed by atoms with van der Waals surface area (Å²) in [6.07, 6.45) is 3.19. The lowest BCUT2D eigenvalue weighted by atomic mass is 10.1. The average molecular weight is 418 g/mol. The Morgan fingerprint density at radius 3 is 2.50 bits per heavy atom. The summed E-state index contributed by atoms with van der Waals surface area (Å²) in [7, 11) is 0. The Morgan fingerprint density at radius 2 is 1.73 bits per heavy atom. The van der Waals surface area contributed by atoms with Crippen molar-refractivity contribution in [3.8, 4) is 0 Å². The fourth-order valence-corrected chi connectivity index (χ4v) is 3.46. The molecule has 0 aromatic heterocycles. The molecule has 30 heavy (non-hydrogen) atoms. The first-order valence-corrected chi connectivity index (χ1v) is 10.0. The maximum Gasteiger partial charge on any atom is 0.270 e. The topological polar surface area (TPSA) is 89.3 Å². The predicted molar refractivity (Wildman–Crippen MR) is 119 cm³/mol.